The lowest BCUT2D eigenvalue weighted by Crippen LogP contribution is -2.29. The highest BCUT2D eigenvalue weighted by molar-refractivity contribution is 6.11. The molecule has 2 aromatic heterocycles. The first-order valence-corrected chi connectivity index (χ1v) is 13.8. The molecule has 0 fully saturated rings. The van der Waals surface area contributed by atoms with Crippen LogP contribution in [0.3, 0.4) is 0 Å². The maximum atomic E-state index is 7.62. The Morgan fingerprint density at radius 1 is 0.605 bits per heavy atom. The number of hydrogen-bond donors (Lipinski definition) is 3. The highest BCUT2D eigenvalue weighted by Crippen LogP contribution is 2.20. The van der Waals surface area contributed by atoms with Crippen LogP contribution in [0, 0.1) is 5.41 Å². The van der Waals surface area contributed by atoms with Crippen LogP contribution in [0.15, 0.2) is 143 Å². The van der Waals surface area contributed by atoms with E-state index < -0.39 is 0 Å². The molecule has 0 unspecified atom stereocenters. The van der Waals surface area contributed by atoms with Crippen LogP contribution in [-0.4, -0.2) is 33.8 Å². The Labute approximate surface area is 249 Å². The summed E-state index contributed by atoms with van der Waals surface area (Å²) >= 11 is 0. The van der Waals surface area contributed by atoms with Crippen LogP contribution in [0.25, 0.3) is 21.5 Å². The first kappa shape index (κ1) is 27.2. The summed E-state index contributed by atoms with van der Waals surface area (Å²) in [6.07, 6.45) is 2.83. The summed E-state index contributed by atoms with van der Waals surface area (Å²) in [5.41, 5.74) is 1.75. The Bertz CT molecular complexity index is 2010. The van der Waals surface area contributed by atoms with Crippen molar-refractivity contribution in [3.8, 4) is 0 Å². The third-order valence-corrected chi connectivity index (χ3v) is 6.66. The molecule has 0 amide bonds. The topological polar surface area (TPSA) is 111 Å². The van der Waals surface area contributed by atoms with E-state index in [4.69, 9.17) is 20.4 Å². The van der Waals surface area contributed by atoms with Gasteiger partial charge in [0.05, 0.1) is 6.34 Å². The molecule has 0 saturated carbocycles. The van der Waals surface area contributed by atoms with Crippen LogP contribution in [0.5, 0.6) is 0 Å². The molecule has 0 saturated heterocycles. The van der Waals surface area contributed by atoms with E-state index in [9.17, 15) is 0 Å². The van der Waals surface area contributed by atoms with Crippen LogP contribution in [0.4, 0.5) is 17.5 Å². The second-order valence-electron chi connectivity index (χ2n) is 9.70. The van der Waals surface area contributed by atoms with Gasteiger partial charge < -0.3 is 10.6 Å². The summed E-state index contributed by atoms with van der Waals surface area (Å²) in [5, 5.41) is 18.4. The molecular weight excluding hydrogens is 532 g/mol. The van der Waals surface area contributed by atoms with Gasteiger partial charge in [0.25, 0.3) is 0 Å². The first-order chi connectivity index (χ1) is 21.1. The highest BCUT2D eigenvalue weighted by Gasteiger charge is 2.09. The molecule has 8 nitrogen and oxygen atoms in total. The van der Waals surface area contributed by atoms with E-state index in [2.05, 4.69) is 50.9 Å². The predicted molar refractivity (Wildman–Crippen MR) is 177 cm³/mol. The maximum absolute atomic E-state index is 7.62. The minimum absolute atomic E-state index is 0.462. The average Bonchev–Trinajstić information content (AvgIpc) is 3.04. The molecule has 0 aliphatic heterocycles. The number of pyridine rings is 2. The third-order valence-electron chi connectivity index (χ3n) is 6.66. The lowest BCUT2D eigenvalue weighted by Gasteiger charge is -2.11. The number of aromatic nitrogens is 2. The van der Waals surface area contributed by atoms with Gasteiger partial charge >= 0.3 is 0 Å². The number of amidine groups is 3. The van der Waals surface area contributed by atoms with E-state index in [1.54, 1.807) is 12.3 Å². The van der Waals surface area contributed by atoms with E-state index in [0.717, 1.165) is 39.0 Å². The number of nitrogens with zero attached hydrogens (tertiary/aromatic N) is 5. The summed E-state index contributed by atoms with van der Waals surface area (Å²) in [5.74, 6) is 3.27. The van der Waals surface area contributed by atoms with Crippen LogP contribution in [0.2, 0.25) is 0 Å². The van der Waals surface area contributed by atoms with Crippen LogP contribution < -0.4 is 10.6 Å². The fourth-order valence-electron chi connectivity index (χ4n) is 4.64. The van der Waals surface area contributed by atoms with Crippen molar-refractivity contribution in [3.63, 3.8) is 0 Å². The normalized spacial score (nSPS) is 12.3. The number of benzene rings is 4. The van der Waals surface area contributed by atoms with Gasteiger partial charge in [0.1, 0.15) is 17.5 Å². The molecule has 0 bridgehead atoms. The number of hydrogen-bond acceptors (Lipinski definition) is 6. The van der Waals surface area contributed by atoms with Crippen molar-refractivity contribution >= 4 is 62.8 Å². The SMILES string of the molecule is CC(=Nc1cccc(/N=C(\NC=N)c2ccc3ccccc3c2)n1)N/C(=N\c1ccccn1)c1ccc2ccccc2c1. The fraction of sp³-hybridized carbons (Fsp3) is 0.0286. The van der Waals surface area contributed by atoms with Crippen molar-refractivity contribution in [1.29, 1.82) is 5.41 Å². The lowest BCUT2D eigenvalue weighted by molar-refractivity contribution is 1.19. The number of aliphatic imine (C=N–C) groups is 3. The first-order valence-electron chi connectivity index (χ1n) is 13.8. The summed E-state index contributed by atoms with van der Waals surface area (Å²) in [6, 6.07) is 39.7. The summed E-state index contributed by atoms with van der Waals surface area (Å²) < 4.78 is 0. The Hall–Kier alpha value is -6.02. The molecule has 43 heavy (non-hydrogen) atoms. The monoisotopic (exact) mass is 560 g/mol. The minimum atomic E-state index is 0.462. The molecule has 0 aliphatic rings. The average molecular weight is 561 g/mol. The zero-order valence-corrected chi connectivity index (χ0v) is 23.4. The van der Waals surface area contributed by atoms with Crippen LogP contribution in [0.1, 0.15) is 18.1 Å². The molecule has 208 valence electrons. The molecule has 0 spiro atoms. The Kier molecular flexibility index (Phi) is 8.00. The predicted octanol–water partition coefficient (Wildman–Crippen LogP) is 7.48. The van der Waals surface area contributed by atoms with Crippen molar-refractivity contribution in [2.24, 2.45) is 15.0 Å². The molecule has 0 atom stereocenters. The van der Waals surface area contributed by atoms with Gasteiger partial charge in [-0.3, -0.25) is 5.41 Å². The standard InChI is InChI=1S/C35H28N8/c1-24(40-35(42-31-13-6-7-20-37-31)30-19-17-26-10-3-5-12-28(26)22-30)39-32-14-8-15-33(41-32)43-34(38-23-36)29-18-16-25-9-2-4-11-27(25)21-29/h2-23H,1H3,(H3,36,37,38,39,40,41,42,43). The van der Waals surface area contributed by atoms with Gasteiger partial charge in [-0.05, 0) is 64.9 Å². The lowest BCUT2D eigenvalue weighted by atomic mass is 10.1. The number of nitrogens with one attached hydrogen (secondary N) is 3. The summed E-state index contributed by atoms with van der Waals surface area (Å²) in [4.78, 5) is 23.2. The second-order valence-corrected chi connectivity index (χ2v) is 9.70. The van der Waals surface area contributed by atoms with Crippen molar-refractivity contribution in [2.75, 3.05) is 0 Å². The Balaban J connectivity index is 1.30. The minimum Gasteiger partial charge on any atom is -0.331 e. The zero-order valence-electron chi connectivity index (χ0n) is 23.4. The summed E-state index contributed by atoms with van der Waals surface area (Å²) in [7, 11) is 0. The molecule has 0 radical (unpaired) electrons. The molecule has 0 aliphatic carbocycles. The maximum Gasteiger partial charge on any atom is 0.156 e. The smallest absolute Gasteiger partial charge is 0.156 e. The van der Waals surface area contributed by atoms with Crippen LogP contribution in [-0.2, 0) is 0 Å². The fourth-order valence-corrected chi connectivity index (χ4v) is 4.64. The molecule has 8 heteroatoms. The van der Waals surface area contributed by atoms with Gasteiger partial charge in [-0.25, -0.2) is 24.9 Å². The Morgan fingerprint density at radius 3 is 1.79 bits per heavy atom. The zero-order chi connectivity index (χ0) is 29.4. The van der Waals surface area contributed by atoms with Crippen molar-refractivity contribution in [2.45, 2.75) is 6.92 Å². The van der Waals surface area contributed by atoms with E-state index in [1.165, 1.54) is 0 Å². The van der Waals surface area contributed by atoms with E-state index in [-0.39, 0.29) is 0 Å². The summed E-state index contributed by atoms with van der Waals surface area (Å²) in [6.45, 7) is 1.86. The van der Waals surface area contributed by atoms with E-state index in [1.807, 2.05) is 91.9 Å². The molecule has 3 N–H and O–H groups in total. The van der Waals surface area contributed by atoms with Gasteiger partial charge in [0, 0.05) is 17.3 Å². The molecule has 6 rings (SSSR count). The van der Waals surface area contributed by atoms with Gasteiger partial charge in [0.15, 0.2) is 17.5 Å². The number of rotatable bonds is 6. The van der Waals surface area contributed by atoms with Gasteiger partial charge in [-0.1, -0.05) is 84.9 Å². The van der Waals surface area contributed by atoms with E-state index in [0.29, 0.717) is 35.0 Å². The largest absolute Gasteiger partial charge is 0.331 e. The van der Waals surface area contributed by atoms with Crippen LogP contribution >= 0.6 is 0 Å². The highest BCUT2D eigenvalue weighted by atomic mass is 15.1. The molecule has 6 aromatic rings. The second kappa shape index (κ2) is 12.7. The quantitative estimate of drug-likeness (QED) is 0.145. The van der Waals surface area contributed by atoms with Crippen molar-refractivity contribution in [3.05, 3.63) is 139 Å². The van der Waals surface area contributed by atoms with Gasteiger partial charge in [-0.15, -0.1) is 0 Å². The third kappa shape index (κ3) is 6.66. The Morgan fingerprint density at radius 2 is 1.16 bits per heavy atom. The number of fused-ring (bicyclic) bond motifs is 2. The van der Waals surface area contributed by atoms with Gasteiger partial charge in [0.2, 0.25) is 0 Å². The molecular formula is C35H28N8. The van der Waals surface area contributed by atoms with Crippen molar-refractivity contribution in [1.82, 2.24) is 20.6 Å². The van der Waals surface area contributed by atoms with Crippen molar-refractivity contribution < 1.29 is 0 Å². The molecule has 4 aromatic carbocycles. The van der Waals surface area contributed by atoms with E-state index >= 15 is 0 Å². The van der Waals surface area contributed by atoms with Gasteiger partial charge in [-0.2, -0.15) is 0 Å². The molecule has 2 heterocycles.